The Morgan fingerprint density at radius 1 is 1.11 bits per heavy atom. The van der Waals surface area contributed by atoms with E-state index in [1.807, 2.05) is 32.0 Å². The summed E-state index contributed by atoms with van der Waals surface area (Å²) in [4.78, 5) is 25.1. The molecule has 0 radical (unpaired) electrons. The van der Waals surface area contributed by atoms with Crippen LogP contribution >= 0.6 is 23.2 Å². The Morgan fingerprint density at radius 3 is 2.56 bits per heavy atom. The molecule has 0 saturated carbocycles. The van der Waals surface area contributed by atoms with Gasteiger partial charge in [-0.1, -0.05) is 41.4 Å². The predicted octanol–water partition coefficient (Wildman–Crippen LogP) is 4.88. The third kappa shape index (κ3) is 3.94. The van der Waals surface area contributed by atoms with Gasteiger partial charge in [0.1, 0.15) is 0 Å². The Morgan fingerprint density at radius 2 is 1.85 bits per heavy atom. The third-order valence-corrected chi connectivity index (χ3v) is 5.20. The molecule has 1 atom stereocenters. The van der Waals surface area contributed by atoms with E-state index in [1.54, 1.807) is 25.1 Å². The van der Waals surface area contributed by atoms with Crippen molar-refractivity contribution in [2.75, 3.05) is 5.32 Å². The molecule has 3 N–H and O–H groups in total. The molecule has 7 heteroatoms. The lowest BCUT2D eigenvalue weighted by Gasteiger charge is -2.29. The molecule has 1 heterocycles. The minimum Gasteiger partial charge on any atom is -0.327 e. The maximum Gasteiger partial charge on any atom is 0.319 e. The number of nitrogens with one attached hydrogen (secondary N) is 3. The van der Waals surface area contributed by atoms with E-state index in [0.29, 0.717) is 26.9 Å². The molecule has 0 saturated heterocycles. The number of rotatable bonds is 3. The van der Waals surface area contributed by atoms with Gasteiger partial charge in [-0.2, -0.15) is 0 Å². The monoisotopic (exact) mass is 403 g/mol. The summed E-state index contributed by atoms with van der Waals surface area (Å²) in [6.07, 6.45) is 0. The van der Waals surface area contributed by atoms with Crippen LogP contribution in [-0.4, -0.2) is 11.9 Å². The quantitative estimate of drug-likeness (QED) is 0.683. The van der Waals surface area contributed by atoms with Gasteiger partial charge in [-0.3, -0.25) is 4.79 Å². The van der Waals surface area contributed by atoms with Gasteiger partial charge >= 0.3 is 6.03 Å². The topological polar surface area (TPSA) is 70.2 Å². The number of carbonyl (C=O) groups is 2. The minimum absolute atomic E-state index is 0.315. The van der Waals surface area contributed by atoms with Gasteiger partial charge in [-0.05, 0) is 55.7 Å². The second-order valence-corrected chi connectivity index (χ2v) is 7.28. The van der Waals surface area contributed by atoms with E-state index in [9.17, 15) is 9.59 Å². The molecule has 0 aromatic heterocycles. The van der Waals surface area contributed by atoms with Crippen LogP contribution in [0, 0.1) is 13.8 Å². The van der Waals surface area contributed by atoms with Crippen molar-refractivity contribution in [2.24, 2.45) is 0 Å². The number of hydrogen-bond donors (Lipinski definition) is 3. The Hall–Kier alpha value is -2.50. The fourth-order valence-electron chi connectivity index (χ4n) is 3.04. The van der Waals surface area contributed by atoms with Crippen LogP contribution in [0.25, 0.3) is 0 Å². The van der Waals surface area contributed by atoms with E-state index >= 15 is 0 Å². The van der Waals surface area contributed by atoms with E-state index in [1.165, 1.54) is 0 Å². The lowest BCUT2D eigenvalue weighted by atomic mass is 9.94. The zero-order chi connectivity index (χ0) is 19.7. The molecule has 0 fully saturated rings. The molecule has 140 valence electrons. The van der Waals surface area contributed by atoms with Crippen molar-refractivity contribution in [1.82, 2.24) is 10.6 Å². The highest BCUT2D eigenvalue weighted by atomic mass is 35.5. The van der Waals surface area contributed by atoms with Crippen molar-refractivity contribution in [3.05, 3.63) is 74.4 Å². The highest BCUT2D eigenvalue weighted by Gasteiger charge is 2.32. The maximum absolute atomic E-state index is 13.1. The van der Waals surface area contributed by atoms with E-state index in [2.05, 4.69) is 16.0 Å². The molecule has 1 aliphatic heterocycles. The Kier molecular flexibility index (Phi) is 5.44. The van der Waals surface area contributed by atoms with Crippen LogP contribution in [0.4, 0.5) is 10.5 Å². The average Bonchev–Trinajstić information content (AvgIpc) is 2.58. The van der Waals surface area contributed by atoms with Crippen LogP contribution < -0.4 is 16.0 Å². The summed E-state index contributed by atoms with van der Waals surface area (Å²) in [6.45, 7) is 5.61. The fourth-order valence-corrected chi connectivity index (χ4v) is 3.56. The van der Waals surface area contributed by atoms with Gasteiger partial charge in [0.25, 0.3) is 5.91 Å². The van der Waals surface area contributed by atoms with Gasteiger partial charge in [0, 0.05) is 21.4 Å². The van der Waals surface area contributed by atoms with E-state index < -0.39 is 12.1 Å². The summed E-state index contributed by atoms with van der Waals surface area (Å²) in [5.74, 6) is -0.315. The number of hydrogen-bond acceptors (Lipinski definition) is 2. The molecular weight excluding hydrogens is 385 g/mol. The van der Waals surface area contributed by atoms with Crippen LogP contribution in [0.15, 0.2) is 47.7 Å². The number of amides is 3. The number of carbonyl (C=O) groups excluding carboxylic acids is 2. The number of allylic oxidation sites excluding steroid dienone is 1. The van der Waals surface area contributed by atoms with E-state index in [4.69, 9.17) is 23.2 Å². The Balaban J connectivity index is 2.01. The van der Waals surface area contributed by atoms with Crippen LogP contribution in [0.3, 0.4) is 0 Å². The standard InChI is InChI=1S/C20H19Cl2N3O2/c1-10-5-4-6-16(11(10)2)24-19(26)17-12(3)23-20(27)25-18(17)14-8-7-13(21)9-15(14)22/h4-9,18H,1-3H3,(H,24,26)(H2,23,25,27). The second-order valence-electron chi connectivity index (χ2n) is 6.44. The molecule has 1 aliphatic rings. The minimum atomic E-state index is -0.686. The van der Waals surface area contributed by atoms with Gasteiger partial charge in [0.05, 0.1) is 11.6 Å². The van der Waals surface area contributed by atoms with Crippen molar-refractivity contribution < 1.29 is 9.59 Å². The summed E-state index contributed by atoms with van der Waals surface area (Å²) >= 11 is 12.3. The summed E-state index contributed by atoms with van der Waals surface area (Å²) in [5, 5.41) is 9.21. The van der Waals surface area contributed by atoms with Crippen molar-refractivity contribution >= 4 is 40.8 Å². The Bertz CT molecular complexity index is 970. The largest absolute Gasteiger partial charge is 0.327 e. The molecular formula is C20H19Cl2N3O2. The van der Waals surface area contributed by atoms with Gasteiger partial charge < -0.3 is 16.0 Å². The summed E-state index contributed by atoms with van der Waals surface area (Å²) < 4.78 is 0. The average molecular weight is 404 g/mol. The molecule has 3 amide bonds. The third-order valence-electron chi connectivity index (χ3n) is 4.64. The molecule has 1 unspecified atom stereocenters. The first-order chi connectivity index (χ1) is 12.8. The van der Waals surface area contributed by atoms with Gasteiger partial charge in [0.2, 0.25) is 0 Å². The second kappa shape index (κ2) is 7.62. The smallest absolute Gasteiger partial charge is 0.319 e. The maximum atomic E-state index is 13.1. The molecule has 0 aliphatic carbocycles. The number of benzene rings is 2. The van der Waals surface area contributed by atoms with Gasteiger partial charge in [-0.15, -0.1) is 0 Å². The van der Waals surface area contributed by atoms with Crippen molar-refractivity contribution in [2.45, 2.75) is 26.8 Å². The summed E-state index contributed by atoms with van der Waals surface area (Å²) in [7, 11) is 0. The Labute approximate surface area is 167 Å². The number of aryl methyl sites for hydroxylation is 1. The van der Waals surface area contributed by atoms with Crippen molar-refractivity contribution in [3.63, 3.8) is 0 Å². The van der Waals surface area contributed by atoms with E-state index in [0.717, 1.165) is 16.8 Å². The first-order valence-electron chi connectivity index (χ1n) is 8.38. The molecule has 2 aromatic rings. The lowest BCUT2D eigenvalue weighted by Crippen LogP contribution is -2.46. The van der Waals surface area contributed by atoms with Crippen LogP contribution in [0.1, 0.15) is 29.7 Å². The van der Waals surface area contributed by atoms with Crippen LogP contribution in [-0.2, 0) is 4.79 Å². The highest BCUT2D eigenvalue weighted by Crippen LogP contribution is 2.34. The van der Waals surface area contributed by atoms with Crippen molar-refractivity contribution in [3.8, 4) is 0 Å². The number of urea groups is 1. The fraction of sp³-hybridized carbons (Fsp3) is 0.200. The van der Waals surface area contributed by atoms with Crippen LogP contribution in [0.5, 0.6) is 0 Å². The summed E-state index contributed by atoms with van der Waals surface area (Å²) in [6, 6.07) is 9.59. The predicted molar refractivity (Wildman–Crippen MR) is 108 cm³/mol. The first kappa shape index (κ1) is 19.3. The molecule has 5 nitrogen and oxygen atoms in total. The first-order valence-corrected chi connectivity index (χ1v) is 9.14. The number of anilines is 1. The van der Waals surface area contributed by atoms with Crippen LogP contribution in [0.2, 0.25) is 10.0 Å². The lowest BCUT2D eigenvalue weighted by molar-refractivity contribution is -0.113. The molecule has 0 bridgehead atoms. The zero-order valence-electron chi connectivity index (χ0n) is 15.1. The highest BCUT2D eigenvalue weighted by molar-refractivity contribution is 6.35. The molecule has 0 spiro atoms. The molecule has 3 rings (SSSR count). The number of halogens is 2. The normalized spacial score (nSPS) is 16.6. The zero-order valence-corrected chi connectivity index (χ0v) is 16.6. The summed E-state index contributed by atoms with van der Waals surface area (Å²) in [5.41, 5.74) is 4.24. The SMILES string of the molecule is CC1=C(C(=O)Nc2cccc(C)c2C)C(c2ccc(Cl)cc2Cl)NC(=O)N1. The molecule has 27 heavy (non-hydrogen) atoms. The van der Waals surface area contributed by atoms with Crippen molar-refractivity contribution in [1.29, 1.82) is 0 Å². The van der Waals surface area contributed by atoms with Gasteiger partial charge in [-0.25, -0.2) is 4.79 Å². The molecule has 2 aromatic carbocycles. The van der Waals surface area contributed by atoms with Gasteiger partial charge in [0.15, 0.2) is 0 Å². The van der Waals surface area contributed by atoms with E-state index in [-0.39, 0.29) is 5.91 Å².